The van der Waals surface area contributed by atoms with E-state index < -0.39 is 42.9 Å². The molecule has 7 N–H and O–H groups in total. The number of aliphatic hydroxyl groups excluding tert-OH is 5. The number of carboxylic acid groups (broad SMARTS) is 1. The molecule has 0 aliphatic carbocycles. The van der Waals surface area contributed by atoms with E-state index in [1.807, 2.05) is 0 Å². The Labute approximate surface area is 121 Å². The fourth-order valence-corrected chi connectivity index (χ4v) is 1.57. The Hall–Kier alpha value is -1.26. The number of hydrogen-bond acceptors (Lipinski definition) is 7. The average molecular weight is 309 g/mol. The lowest BCUT2D eigenvalue weighted by Crippen LogP contribution is -2.51. The summed E-state index contributed by atoms with van der Waals surface area (Å²) in [6.07, 6.45) is -5.80. The van der Waals surface area contributed by atoms with Gasteiger partial charge in [-0.1, -0.05) is 6.42 Å². The van der Waals surface area contributed by atoms with Crippen LogP contribution in [0.3, 0.4) is 0 Å². The third-order valence-corrected chi connectivity index (χ3v) is 2.89. The normalized spacial score (nSPS) is 16.8. The zero-order chi connectivity index (χ0) is 16.4. The highest BCUT2D eigenvalue weighted by molar-refractivity contribution is 5.81. The summed E-state index contributed by atoms with van der Waals surface area (Å²) in [5.74, 6) is -1.82. The highest BCUT2D eigenvalue weighted by Gasteiger charge is 2.33. The van der Waals surface area contributed by atoms with E-state index in [0.29, 0.717) is 19.3 Å². The lowest BCUT2D eigenvalue weighted by atomic mass is 10.0. The SMILES string of the molecule is O=C(O)CCCCCNC(=O)[C@H](O)[C@H](O)[C@@H](O)[C@@H](O)CO. The molecule has 0 radical (unpaired) electrons. The number of rotatable bonds is 11. The zero-order valence-corrected chi connectivity index (χ0v) is 11.6. The second-order valence-electron chi connectivity index (χ2n) is 4.67. The quantitative estimate of drug-likeness (QED) is 0.201. The van der Waals surface area contributed by atoms with Gasteiger partial charge in [0.1, 0.15) is 18.3 Å². The van der Waals surface area contributed by atoms with Gasteiger partial charge in [0.2, 0.25) is 0 Å². The van der Waals surface area contributed by atoms with Crippen LogP contribution in [0.15, 0.2) is 0 Å². The smallest absolute Gasteiger partial charge is 0.303 e. The van der Waals surface area contributed by atoms with E-state index in [4.69, 9.17) is 15.3 Å². The first-order chi connectivity index (χ1) is 9.81. The van der Waals surface area contributed by atoms with Gasteiger partial charge in [-0.25, -0.2) is 0 Å². The van der Waals surface area contributed by atoms with Crippen molar-refractivity contribution in [2.75, 3.05) is 13.2 Å². The first-order valence-electron chi connectivity index (χ1n) is 6.63. The number of carbonyl (C=O) groups excluding carboxylic acids is 1. The molecule has 124 valence electrons. The van der Waals surface area contributed by atoms with Gasteiger partial charge in [-0.05, 0) is 12.8 Å². The Balaban J connectivity index is 3.96. The van der Waals surface area contributed by atoms with E-state index in [0.717, 1.165) is 0 Å². The molecule has 0 heterocycles. The lowest BCUT2D eigenvalue weighted by molar-refractivity contribution is -0.149. The maximum absolute atomic E-state index is 11.5. The van der Waals surface area contributed by atoms with Crippen molar-refractivity contribution in [2.24, 2.45) is 0 Å². The van der Waals surface area contributed by atoms with E-state index in [1.54, 1.807) is 0 Å². The predicted molar refractivity (Wildman–Crippen MR) is 70.2 cm³/mol. The minimum absolute atomic E-state index is 0.0422. The fraction of sp³-hybridized carbons (Fsp3) is 0.833. The number of carbonyl (C=O) groups is 2. The summed E-state index contributed by atoms with van der Waals surface area (Å²) >= 11 is 0. The number of nitrogens with one attached hydrogen (secondary N) is 1. The van der Waals surface area contributed by atoms with Crippen LogP contribution in [0.1, 0.15) is 25.7 Å². The third-order valence-electron chi connectivity index (χ3n) is 2.89. The number of aliphatic carboxylic acids is 1. The van der Waals surface area contributed by atoms with Crippen LogP contribution in [0, 0.1) is 0 Å². The number of carboxylic acids is 1. The van der Waals surface area contributed by atoms with Crippen molar-refractivity contribution in [2.45, 2.75) is 50.1 Å². The zero-order valence-electron chi connectivity index (χ0n) is 11.6. The molecule has 0 rings (SSSR count). The number of aliphatic hydroxyl groups is 5. The van der Waals surface area contributed by atoms with Gasteiger partial charge in [-0.3, -0.25) is 9.59 Å². The molecular weight excluding hydrogens is 286 g/mol. The number of amides is 1. The van der Waals surface area contributed by atoms with Crippen molar-refractivity contribution in [3.8, 4) is 0 Å². The van der Waals surface area contributed by atoms with Crippen LogP contribution < -0.4 is 5.32 Å². The third kappa shape index (κ3) is 7.93. The monoisotopic (exact) mass is 309 g/mol. The van der Waals surface area contributed by atoms with Crippen molar-refractivity contribution in [1.82, 2.24) is 5.32 Å². The molecule has 0 saturated carbocycles. The largest absolute Gasteiger partial charge is 0.481 e. The van der Waals surface area contributed by atoms with Crippen LogP contribution in [0.2, 0.25) is 0 Å². The molecule has 0 aliphatic rings. The topological polar surface area (TPSA) is 168 Å². The van der Waals surface area contributed by atoms with Crippen LogP contribution >= 0.6 is 0 Å². The number of hydrogen-bond donors (Lipinski definition) is 7. The van der Waals surface area contributed by atoms with E-state index >= 15 is 0 Å². The van der Waals surface area contributed by atoms with Gasteiger partial charge in [0.25, 0.3) is 5.91 Å². The first-order valence-corrected chi connectivity index (χ1v) is 6.63. The van der Waals surface area contributed by atoms with Crippen LogP contribution in [0.4, 0.5) is 0 Å². The van der Waals surface area contributed by atoms with Crippen molar-refractivity contribution in [3.63, 3.8) is 0 Å². The van der Waals surface area contributed by atoms with E-state index in [1.165, 1.54) is 0 Å². The minimum Gasteiger partial charge on any atom is -0.481 e. The Morgan fingerprint density at radius 3 is 2.10 bits per heavy atom. The summed E-state index contributed by atoms with van der Waals surface area (Å²) in [6, 6.07) is 0. The fourth-order valence-electron chi connectivity index (χ4n) is 1.57. The predicted octanol–water partition coefficient (Wildman–Crippen LogP) is -2.82. The molecule has 0 unspecified atom stereocenters. The second-order valence-corrected chi connectivity index (χ2v) is 4.67. The first kappa shape index (κ1) is 19.7. The summed E-state index contributed by atoms with van der Waals surface area (Å²) in [4.78, 5) is 21.7. The molecule has 1 amide bonds. The Kier molecular flexibility index (Phi) is 9.84. The van der Waals surface area contributed by atoms with Crippen molar-refractivity contribution in [3.05, 3.63) is 0 Å². The molecule has 0 aromatic rings. The average Bonchev–Trinajstić information content (AvgIpc) is 2.46. The molecule has 0 aromatic carbocycles. The van der Waals surface area contributed by atoms with Gasteiger partial charge in [-0.2, -0.15) is 0 Å². The summed E-state index contributed by atoms with van der Waals surface area (Å²) in [7, 11) is 0. The Morgan fingerprint density at radius 2 is 1.57 bits per heavy atom. The number of unbranched alkanes of at least 4 members (excludes halogenated alkanes) is 2. The summed E-state index contributed by atoms with van der Waals surface area (Å²) < 4.78 is 0. The van der Waals surface area contributed by atoms with E-state index in [-0.39, 0.29) is 13.0 Å². The molecule has 0 fully saturated rings. The maximum atomic E-state index is 11.5. The van der Waals surface area contributed by atoms with Gasteiger partial charge in [0, 0.05) is 13.0 Å². The second kappa shape index (κ2) is 10.5. The van der Waals surface area contributed by atoms with Gasteiger partial charge >= 0.3 is 5.97 Å². The van der Waals surface area contributed by atoms with Crippen LogP contribution in [-0.4, -0.2) is 80.1 Å². The molecule has 0 spiro atoms. The van der Waals surface area contributed by atoms with Crippen LogP contribution in [-0.2, 0) is 9.59 Å². The standard InChI is InChI=1S/C12H23NO8/c14-6-7(15)9(18)10(19)11(20)12(21)13-5-3-1-2-4-8(16)17/h7,9-11,14-15,18-20H,1-6H2,(H,13,21)(H,16,17)/t7-,9-,10+,11+/m0/s1. The van der Waals surface area contributed by atoms with Crippen molar-refractivity contribution < 1.29 is 40.2 Å². The van der Waals surface area contributed by atoms with Gasteiger partial charge < -0.3 is 36.0 Å². The molecule has 0 aliphatic heterocycles. The van der Waals surface area contributed by atoms with Crippen molar-refractivity contribution >= 4 is 11.9 Å². The highest BCUT2D eigenvalue weighted by atomic mass is 16.4. The molecule has 9 nitrogen and oxygen atoms in total. The summed E-state index contributed by atoms with van der Waals surface area (Å²) in [5, 5.41) is 56.7. The molecular formula is C12H23NO8. The van der Waals surface area contributed by atoms with Gasteiger partial charge in [-0.15, -0.1) is 0 Å². The van der Waals surface area contributed by atoms with E-state index in [9.17, 15) is 24.9 Å². The van der Waals surface area contributed by atoms with Gasteiger partial charge in [0.05, 0.1) is 6.61 Å². The van der Waals surface area contributed by atoms with Crippen LogP contribution in [0.25, 0.3) is 0 Å². The Bertz CT molecular complexity index is 324. The molecule has 0 bridgehead atoms. The van der Waals surface area contributed by atoms with Crippen molar-refractivity contribution in [1.29, 1.82) is 0 Å². The Morgan fingerprint density at radius 1 is 0.952 bits per heavy atom. The highest BCUT2D eigenvalue weighted by Crippen LogP contribution is 2.05. The van der Waals surface area contributed by atoms with Gasteiger partial charge in [0.15, 0.2) is 6.10 Å². The van der Waals surface area contributed by atoms with Crippen LogP contribution in [0.5, 0.6) is 0 Å². The maximum Gasteiger partial charge on any atom is 0.303 e. The van der Waals surface area contributed by atoms with E-state index in [2.05, 4.69) is 5.32 Å². The minimum atomic E-state index is -1.94. The summed E-state index contributed by atoms with van der Waals surface area (Å²) in [5.41, 5.74) is 0. The lowest BCUT2D eigenvalue weighted by Gasteiger charge is -2.24. The molecule has 0 saturated heterocycles. The molecule has 0 aromatic heterocycles. The molecule has 9 heteroatoms. The summed E-state index contributed by atoms with van der Waals surface area (Å²) in [6.45, 7) is -0.642. The molecule has 4 atom stereocenters. The molecule has 21 heavy (non-hydrogen) atoms.